The molecule has 0 aromatic carbocycles. The van der Waals surface area contributed by atoms with Gasteiger partial charge in [-0.1, -0.05) is 4.68 Å². The summed E-state index contributed by atoms with van der Waals surface area (Å²) in [4.78, 5) is 20.8. The summed E-state index contributed by atoms with van der Waals surface area (Å²) in [6.45, 7) is 0.281. The molecule has 0 radical (unpaired) electrons. The molecule has 2 aromatic rings. The highest BCUT2D eigenvalue weighted by Crippen LogP contribution is 2.14. The zero-order valence-corrected chi connectivity index (χ0v) is 11.4. The lowest BCUT2D eigenvalue weighted by Crippen LogP contribution is -2.40. The fourth-order valence-corrected chi connectivity index (χ4v) is 1.56. The maximum atomic E-state index is 10.4. The molecule has 104 valence electrons. The Hall–Kier alpha value is -2.57. The Morgan fingerprint density at radius 1 is 1.30 bits per heavy atom. The smallest absolute Gasteiger partial charge is 0.197 e. The van der Waals surface area contributed by atoms with Crippen molar-refractivity contribution in [3.05, 3.63) is 30.9 Å². The van der Waals surface area contributed by atoms with Gasteiger partial charge in [-0.2, -0.15) is 0 Å². The molecule has 7 heteroatoms. The number of carboxylic acid groups (broad SMARTS) is 1. The number of aliphatic carboxylic acids is 1. The fourth-order valence-electron chi connectivity index (χ4n) is 1.56. The molecule has 0 aliphatic carbocycles. The number of carbonyl (C=O) groups excluding carboxylic acids is 1. The number of rotatable bonds is 5. The maximum absolute atomic E-state index is 10.4. The first-order chi connectivity index (χ1) is 9.56. The number of carboxylic acids is 1. The minimum Gasteiger partial charge on any atom is -0.550 e. The molecular weight excluding hydrogens is 258 g/mol. The first-order valence-electron chi connectivity index (χ1n) is 6.11. The van der Waals surface area contributed by atoms with E-state index in [0.29, 0.717) is 5.82 Å². The van der Waals surface area contributed by atoms with Crippen molar-refractivity contribution in [1.82, 2.24) is 15.1 Å². The van der Waals surface area contributed by atoms with Crippen molar-refractivity contribution in [3.63, 3.8) is 0 Å². The van der Waals surface area contributed by atoms with E-state index < -0.39 is 5.97 Å². The topological polar surface area (TPSA) is 85.9 Å². The Morgan fingerprint density at radius 2 is 2.00 bits per heavy atom. The van der Waals surface area contributed by atoms with Gasteiger partial charge in [0, 0.05) is 38.1 Å². The van der Waals surface area contributed by atoms with Crippen molar-refractivity contribution >= 4 is 11.7 Å². The van der Waals surface area contributed by atoms with Gasteiger partial charge in [0.1, 0.15) is 6.20 Å². The minimum atomic E-state index is -1.09. The lowest BCUT2D eigenvalue weighted by Gasteiger charge is -2.10. The second kappa shape index (κ2) is 6.05. The van der Waals surface area contributed by atoms with Gasteiger partial charge in [-0.05, 0) is 5.10 Å². The van der Waals surface area contributed by atoms with Crippen LogP contribution in [0.3, 0.4) is 0 Å². The zero-order chi connectivity index (χ0) is 14.5. The number of anilines is 1. The van der Waals surface area contributed by atoms with Crippen LogP contribution in [-0.2, 0) is 11.3 Å². The van der Waals surface area contributed by atoms with E-state index in [1.165, 1.54) is 4.68 Å². The molecule has 0 fully saturated rings. The Balaban J connectivity index is 2.11. The molecule has 20 heavy (non-hydrogen) atoms. The van der Waals surface area contributed by atoms with Crippen LogP contribution in [0.25, 0.3) is 11.4 Å². The molecule has 7 nitrogen and oxygen atoms in total. The second-order valence-electron chi connectivity index (χ2n) is 4.46. The molecule has 0 atom stereocenters. The standard InChI is InChI=1S/C13H15N5O2/c1-17(2)11-8-14-13(15-9-11)10-3-5-18(16-7-10)6-4-12(19)20/h3,5,7-9H,4,6H2,1-2H3. The van der Waals surface area contributed by atoms with Crippen molar-refractivity contribution in [1.29, 1.82) is 0 Å². The van der Waals surface area contributed by atoms with Crippen molar-refractivity contribution in [2.24, 2.45) is 0 Å². The summed E-state index contributed by atoms with van der Waals surface area (Å²) in [5.74, 6) is -0.513. The summed E-state index contributed by atoms with van der Waals surface area (Å²) in [6, 6.07) is 1.80. The van der Waals surface area contributed by atoms with E-state index in [1.54, 1.807) is 30.9 Å². The maximum Gasteiger partial charge on any atom is 0.197 e. The summed E-state index contributed by atoms with van der Waals surface area (Å²) in [5, 5.41) is 14.5. The highest BCUT2D eigenvalue weighted by molar-refractivity contribution is 5.63. The van der Waals surface area contributed by atoms with E-state index in [4.69, 9.17) is 0 Å². The van der Waals surface area contributed by atoms with E-state index >= 15 is 0 Å². The van der Waals surface area contributed by atoms with Gasteiger partial charge in [0.2, 0.25) is 0 Å². The van der Waals surface area contributed by atoms with Gasteiger partial charge in [-0.15, -0.1) is 0 Å². The lowest BCUT2D eigenvalue weighted by molar-refractivity contribution is -0.753. The first-order valence-corrected chi connectivity index (χ1v) is 6.11. The Morgan fingerprint density at radius 3 is 2.50 bits per heavy atom. The van der Waals surface area contributed by atoms with Gasteiger partial charge in [-0.25, -0.2) is 9.97 Å². The highest BCUT2D eigenvalue weighted by Gasteiger charge is 2.07. The lowest BCUT2D eigenvalue weighted by atomic mass is 10.3. The van der Waals surface area contributed by atoms with Crippen LogP contribution in [0.1, 0.15) is 6.42 Å². The quantitative estimate of drug-likeness (QED) is 0.652. The predicted octanol–water partition coefficient (Wildman–Crippen LogP) is -0.968. The Labute approximate surface area is 116 Å². The van der Waals surface area contributed by atoms with Gasteiger partial charge >= 0.3 is 0 Å². The van der Waals surface area contributed by atoms with Gasteiger partial charge < -0.3 is 14.8 Å². The summed E-state index contributed by atoms with van der Waals surface area (Å²) < 4.78 is 1.54. The van der Waals surface area contributed by atoms with E-state index in [-0.39, 0.29) is 13.0 Å². The molecule has 0 aliphatic rings. The predicted molar refractivity (Wildman–Crippen MR) is 69.4 cm³/mol. The average molecular weight is 273 g/mol. The largest absolute Gasteiger partial charge is 0.550 e. The number of hydrogen-bond acceptors (Lipinski definition) is 6. The molecule has 0 unspecified atom stereocenters. The van der Waals surface area contributed by atoms with Crippen LogP contribution in [0, 0.1) is 0 Å². The van der Waals surface area contributed by atoms with Crippen LogP contribution in [-0.4, -0.2) is 35.1 Å². The average Bonchev–Trinajstić information content (AvgIpc) is 2.46. The van der Waals surface area contributed by atoms with Gasteiger partial charge in [0.15, 0.2) is 18.6 Å². The monoisotopic (exact) mass is 273 g/mol. The van der Waals surface area contributed by atoms with Crippen molar-refractivity contribution < 1.29 is 14.6 Å². The van der Waals surface area contributed by atoms with Gasteiger partial charge in [0.05, 0.1) is 18.1 Å². The molecule has 2 aromatic heterocycles. The first kappa shape index (κ1) is 13.9. The van der Waals surface area contributed by atoms with Crippen molar-refractivity contribution in [2.75, 3.05) is 19.0 Å². The van der Waals surface area contributed by atoms with Crippen LogP contribution in [0.5, 0.6) is 0 Å². The Kier molecular flexibility index (Phi) is 4.19. The molecule has 0 bridgehead atoms. The summed E-state index contributed by atoms with van der Waals surface area (Å²) in [7, 11) is 3.84. The third-order valence-electron chi connectivity index (χ3n) is 2.73. The molecule has 0 amide bonds. The molecule has 0 aliphatic heterocycles. The highest BCUT2D eigenvalue weighted by atomic mass is 16.4. The zero-order valence-electron chi connectivity index (χ0n) is 11.4. The summed E-state index contributed by atoms with van der Waals surface area (Å²) in [6.07, 6.45) is 6.71. The third-order valence-corrected chi connectivity index (χ3v) is 2.73. The number of hydrogen-bond donors (Lipinski definition) is 0. The van der Waals surface area contributed by atoms with E-state index in [1.807, 2.05) is 19.0 Å². The number of aryl methyl sites for hydroxylation is 1. The van der Waals surface area contributed by atoms with Crippen LogP contribution in [0.15, 0.2) is 30.9 Å². The van der Waals surface area contributed by atoms with Crippen molar-refractivity contribution in [2.45, 2.75) is 13.0 Å². The molecule has 2 rings (SSSR count). The summed E-state index contributed by atoms with van der Waals surface area (Å²) >= 11 is 0. The summed E-state index contributed by atoms with van der Waals surface area (Å²) in [5.41, 5.74) is 1.70. The van der Waals surface area contributed by atoms with E-state index in [0.717, 1.165) is 11.3 Å². The molecule has 0 saturated carbocycles. The molecule has 0 spiro atoms. The molecule has 0 saturated heterocycles. The van der Waals surface area contributed by atoms with Crippen LogP contribution in [0.2, 0.25) is 0 Å². The van der Waals surface area contributed by atoms with Crippen LogP contribution >= 0.6 is 0 Å². The SMILES string of the molecule is CN(C)c1cnc(-c2cc[n+](CCC(=O)[O-])nc2)nc1. The molecule has 0 N–H and O–H groups in total. The van der Waals surface area contributed by atoms with Crippen LogP contribution < -0.4 is 14.7 Å². The fraction of sp³-hybridized carbons (Fsp3) is 0.308. The number of aromatic nitrogens is 4. The van der Waals surface area contributed by atoms with Crippen LogP contribution in [0.4, 0.5) is 5.69 Å². The molecule has 2 heterocycles. The second-order valence-corrected chi connectivity index (χ2v) is 4.46. The number of carbonyl (C=O) groups is 1. The van der Waals surface area contributed by atoms with Crippen molar-refractivity contribution in [3.8, 4) is 11.4 Å². The Bertz CT molecular complexity index is 581. The van der Waals surface area contributed by atoms with E-state index in [9.17, 15) is 9.90 Å². The third kappa shape index (κ3) is 3.47. The molecular formula is C13H15N5O2. The van der Waals surface area contributed by atoms with Gasteiger partial charge in [0.25, 0.3) is 0 Å². The van der Waals surface area contributed by atoms with E-state index in [2.05, 4.69) is 15.1 Å². The minimum absolute atomic E-state index is 0.0644. The normalized spacial score (nSPS) is 10.3. The van der Waals surface area contributed by atoms with Gasteiger partial charge in [-0.3, -0.25) is 0 Å². The number of nitrogens with zero attached hydrogens (tertiary/aromatic N) is 5.